The number of rotatable bonds is 6. The summed E-state index contributed by atoms with van der Waals surface area (Å²) in [5, 5.41) is 5.71. The Balaban J connectivity index is 1.26. The molecule has 0 spiro atoms. The predicted molar refractivity (Wildman–Crippen MR) is 142 cm³/mol. The van der Waals surface area contributed by atoms with Crippen molar-refractivity contribution in [3.8, 4) is 22.6 Å². The van der Waals surface area contributed by atoms with Crippen LogP contribution in [-0.2, 0) is 10.0 Å². The molecule has 0 unspecified atom stereocenters. The van der Waals surface area contributed by atoms with Gasteiger partial charge in [0.2, 0.25) is 16.0 Å². The molecule has 1 aliphatic rings. The lowest BCUT2D eigenvalue weighted by Crippen LogP contribution is -2.32. The largest absolute Gasteiger partial charge is 0.350 e. The van der Waals surface area contributed by atoms with Crippen LogP contribution in [0.1, 0.15) is 6.42 Å². The van der Waals surface area contributed by atoms with Crippen LogP contribution in [0, 0.1) is 5.82 Å². The third kappa shape index (κ3) is 4.59. The van der Waals surface area contributed by atoms with E-state index < -0.39 is 10.0 Å². The zero-order chi connectivity index (χ0) is 25.6. The summed E-state index contributed by atoms with van der Waals surface area (Å²) in [4.78, 5) is 14.9. The van der Waals surface area contributed by atoms with E-state index in [0.717, 1.165) is 16.2 Å². The molecule has 2 aromatic carbocycles. The van der Waals surface area contributed by atoms with Crippen LogP contribution in [0.3, 0.4) is 0 Å². The quantitative estimate of drug-likeness (QED) is 0.311. The Morgan fingerprint density at radius 3 is 2.62 bits per heavy atom. The summed E-state index contributed by atoms with van der Waals surface area (Å²) in [6.07, 6.45) is 4.19. The molecule has 0 bridgehead atoms. The van der Waals surface area contributed by atoms with E-state index in [2.05, 4.69) is 10.3 Å². The topological polar surface area (TPSA) is 92.5 Å². The Morgan fingerprint density at radius 2 is 1.84 bits per heavy atom. The van der Waals surface area contributed by atoms with Crippen LogP contribution in [0.25, 0.3) is 27.6 Å². The molecule has 1 N–H and O–H groups in total. The minimum atomic E-state index is -3.62. The van der Waals surface area contributed by atoms with Crippen LogP contribution in [0.15, 0.2) is 77.3 Å². The first kappa shape index (κ1) is 24.0. The predicted octanol–water partition coefficient (Wildman–Crippen LogP) is 5.19. The summed E-state index contributed by atoms with van der Waals surface area (Å²) in [7, 11) is -3.62. The lowest BCUT2D eigenvalue weighted by atomic mass is 10.1. The number of thiazole rings is 1. The molecule has 6 rings (SSSR count). The van der Waals surface area contributed by atoms with E-state index in [1.54, 1.807) is 36.5 Å². The zero-order valence-electron chi connectivity index (χ0n) is 19.3. The molecule has 0 radical (unpaired) electrons. The van der Waals surface area contributed by atoms with Crippen molar-refractivity contribution in [1.82, 2.24) is 23.7 Å². The van der Waals surface area contributed by atoms with E-state index in [1.165, 1.54) is 39.9 Å². The number of nitrogens with zero attached hydrogens (tertiary/aromatic N) is 5. The lowest BCUT2D eigenvalue weighted by Gasteiger charge is -2.17. The van der Waals surface area contributed by atoms with Crippen LogP contribution < -0.4 is 5.32 Å². The summed E-state index contributed by atoms with van der Waals surface area (Å²) < 4.78 is 43.0. The average Bonchev–Trinajstić information content (AvgIpc) is 3.62. The maximum Gasteiger partial charge on any atom is 0.243 e. The average molecular weight is 555 g/mol. The van der Waals surface area contributed by atoms with Gasteiger partial charge in [0.15, 0.2) is 4.96 Å². The fourth-order valence-electron chi connectivity index (χ4n) is 4.40. The van der Waals surface area contributed by atoms with E-state index in [-0.39, 0.29) is 16.8 Å². The third-order valence-corrected chi connectivity index (χ3v) is 9.10. The van der Waals surface area contributed by atoms with E-state index in [0.29, 0.717) is 41.9 Å². The number of anilines is 1. The second-order valence-corrected chi connectivity index (χ2v) is 11.8. The lowest BCUT2D eigenvalue weighted by molar-refractivity contribution is 0.474. The molecule has 1 aliphatic heterocycles. The molecule has 37 heavy (non-hydrogen) atoms. The first-order chi connectivity index (χ1) is 17.9. The number of sulfonamides is 1. The van der Waals surface area contributed by atoms with Gasteiger partial charge in [0.25, 0.3) is 0 Å². The standard InChI is InChI=1S/C25H20ClFN6O2S2/c26-17-3-7-20(8-4-17)37(34,35)32-12-10-19(15-32)29-24-28-11-9-21(30-24)23-22(16-1-5-18(27)6-2-16)31-25-33(23)13-14-36-25/h1-9,11,13-14,19H,10,12,15H2,(H,28,29,30)/t19-/m1/s1. The Kier molecular flexibility index (Phi) is 6.15. The number of hydrogen-bond acceptors (Lipinski definition) is 7. The van der Waals surface area contributed by atoms with Crippen molar-refractivity contribution in [2.75, 3.05) is 18.4 Å². The van der Waals surface area contributed by atoms with Crippen molar-refractivity contribution in [2.45, 2.75) is 17.4 Å². The van der Waals surface area contributed by atoms with E-state index in [1.807, 2.05) is 16.0 Å². The van der Waals surface area contributed by atoms with E-state index in [4.69, 9.17) is 21.6 Å². The fourth-order valence-corrected chi connectivity index (χ4v) is 6.74. The first-order valence-corrected chi connectivity index (χ1v) is 14.2. The van der Waals surface area contributed by atoms with Gasteiger partial charge in [-0.2, -0.15) is 4.31 Å². The molecular weight excluding hydrogens is 535 g/mol. The van der Waals surface area contributed by atoms with Gasteiger partial charge in [-0.3, -0.25) is 4.40 Å². The van der Waals surface area contributed by atoms with E-state index >= 15 is 0 Å². The highest BCUT2D eigenvalue weighted by Crippen LogP contribution is 2.34. The van der Waals surface area contributed by atoms with Crippen LogP contribution in [0.5, 0.6) is 0 Å². The Labute approximate surface area is 221 Å². The number of imidazole rings is 1. The van der Waals surface area contributed by atoms with Crippen molar-refractivity contribution < 1.29 is 12.8 Å². The third-order valence-electron chi connectivity index (χ3n) is 6.21. The van der Waals surface area contributed by atoms with Gasteiger partial charge in [0.05, 0.1) is 16.3 Å². The van der Waals surface area contributed by atoms with Gasteiger partial charge in [-0.05, 0) is 61.0 Å². The number of benzene rings is 2. The Bertz CT molecular complexity index is 1690. The molecule has 5 aromatic rings. The second-order valence-electron chi connectivity index (χ2n) is 8.58. The summed E-state index contributed by atoms with van der Waals surface area (Å²) in [5.74, 6) is 0.0759. The molecule has 8 nitrogen and oxygen atoms in total. The molecule has 0 saturated carbocycles. The molecule has 1 atom stereocenters. The van der Waals surface area contributed by atoms with Crippen molar-refractivity contribution >= 4 is 43.9 Å². The van der Waals surface area contributed by atoms with Gasteiger partial charge in [0, 0.05) is 47.5 Å². The van der Waals surface area contributed by atoms with Gasteiger partial charge in [-0.15, -0.1) is 11.3 Å². The maximum absolute atomic E-state index is 13.5. The SMILES string of the molecule is O=S(=O)(c1ccc(Cl)cc1)N1CC[C@@H](Nc2nccc(-c3c(-c4ccc(F)cc4)nc4sccn34)n2)C1. The summed E-state index contributed by atoms with van der Waals surface area (Å²) in [6.45, 7) is 0.677. The smallest absolute Gasteiger partial charge is 0.243 e. The number of fused-ring (bicyclic) bond motifs is 1. The molecule has 0 aliphatic carbocycles. The van der Waals surface area contributed by atoms with Crippen LogP contribution in [-0.4, -0.2) is 51.2 Å². The molecule has 188 valence electrons. The molecule has 0 amide bonds. The molecule has 1 saturated heterocycles. The molecular formula is C25H20ClFN6O2S2. The van der Waals surface area contributed by atoms with Crippen molar-refractivity contribution in [3.05, 3.63) is 83.2 Å². The Morgan fingerprint density at radius 1 is 1.05 bits per heavy atom. The fraction of sp³-hybridized carbons (Fsp3) is 0.160. The van der Waals surface area contributed by atoms with Gasteiger partial charge in [-0.25, -0.2) is 27.8 Å². The molecule has 4 heterocycles. The van der Waals surface area contributed by atoms with Crippen LogP contribution in [0.2, 0.25) is 5.02 Å². The number of halogens is 2. The first-order valence-electron chi connectivity index (χ1n) is 11.5. The van der Waals surface area contributed by atoms with Crippen molar-refractivity contribution in [3.63, 3.8) is 0 Å². The van der Waals surface area contributed by atoms with Gasteiger partial charge in [0.1, 0.15) is 11.5 Å². The summed E-state index contributed by atoms with van der Waals surface area (Å²) in [6, 6.07) is 14.0. The molecule has 12 heteroatoms. The Hall–Kier alpha value is -3.38. The van der Waals surface area contributed by atoms with E-state index in [9.17, 15) is 12.8 Å². The van der Waals surface area contributed by atoms with Gasteiger partial charge < -0.3 is 5.32 Å². The van der Waals surface area contributed by atoms with Gasteiger partial charge >= 0.3 is 0 Å². The van der Waals surface area contributed by atoms with Crippen LogP contribution >= 0.6 is 22.9 Å². The highest BCUT2D eigenvalue weighted by atomic mass is 35.5. The van der Waals surface area contributed by atoms with Crippen LogP contribution in [0.4, 0.5) is 10.3 Å². The minimum absolute atomic E-state index is 0.152. The van der Waals surface area contributed by atoms with Crippen molar-refractivity contribution in [1.29, 1.82) is 0 Å². The molecule has 1 fully saturated rings. The minimum Gasteiger partial charge on any atom is -0.350 e. The van der Waals surface area contributed by atoms with Crippen molar-refractivity contribution in [2.24, 2.45) is 0 Å². The highest BCUT2D eigenvalue weighted by molar-refractivity contribution is 7.89. The molecule has 3 aromatic heterocycles. The highest BCUT2D eigenvalue weighted by Gasteiger charge is 2.33. The number of nitrogens with one attached hydrogen (secondary N) is 1. The normalized spacial score (nSPS) is 16.4. The maximum atomic E-state index is 13.5. The monoisotopic (exact) mass is 554 g/mol. The summed E-state index contributed by atoms with van der Waals surface area (Å²) in [5.41, 5.74) is 2.88. The zero-order valence-corrected chi connectivity index (χ0v) is 21.6. The number of aromatic nitrogens is 4. The second kappa shape index (κ2) is 9.49. The van der Waals surface area contributed by atoms with Gasteiger partial charge in [-0.1, -0.05) is 11.6 Å². The summed E-state index contributed by atoms with van der Waals surface area (Å²) >= 11 is 7.40. The number of hydrogen-bond donors (Lipinski definition) is 1.